The number of carbonyl (C=O) groups is 1. The number of esters is 1. The fourth-order valence-electron chi connectivity index (χ4n) is 2.06. The quantitative estimate of drug-likeness (QED) is 0.812. The second kappa shape index (κ2) is 5.24. The van der Waals surface area contributed by atoms with Crippen molar-refractivity contribution >= 4 is 17.7 Å². The first-order valence-electron chi connectivity index (χ1n) is 6.17. The van der Waals surface area contributed by atoms with Gasteiger partial charge in [0.25, 0.3) is 0 Å². The lowest BCUT2D eigenvalue weighted by Crippen LogP contribution is -2.11. The number of benzene rings is 1. The van der Waals surface area contributed by atoms with E-state index in [2.05, 4.69) is 10.2 Å². The van der Waals surface area contributed by atoms with Gasteiger partial charge in [0, 0.05) is 6.42 Å². The molecule has 104 valence electrons. The molecule has 0 amide bonds. The largest absolute Gasteiger partial charge is 0.462 e. The zero-order chi connectivity index (χ0) is 14.1. The van der Waals surface area contributed by atoms with E-state index in [1.165, 1.54) is 28.7 Å². The van der Waals surface area contributed by atoms with Gasteiger partial charge in [0.1, 0.15) is 23.5 Å². The number of rotatable bonds is 3. The predicted octanol–water partition coefficient (Wildman–Crippen LogP) is 2.20. The molecule has 2 atom stereocenters. The standard InChI is InChI=1S/C13H12FN3O2S/c1-8-6-11(12(18)19-8)20-13-16-15-7-17(13)10-5-3-2-4-9(10)14/h2-5,7-8,11H,6H2,1H3/t8-,11-/m0/s1. The smallest absolute Gasteiger partial charge is 0.319 e. The predicted molar refractivity (Wildman–Crippen MR) is 71.1 cm³/mol. The highest BCUT2D eigenvalue weighted by atomic mass is 32.2. The minimum absolute atomic E-state index is 0.0927. The van der Waals surface area contributed by atoms with Crippen molar-refractivity contribution in [2.24, 2.45) is 0 Å². The zero-order valence-corrected chi connectivity index (χ0v) is 11.5. The lowest BCUT2D eigenvalue weighted by Gasteiger charge is -2.08. The van der Waals surface area contributed by atoms with Gasteiger partial charge in [-0.25, -0.2) is 4.39 Å². The lowest BCUT2D eigenvalue weighted by molar-refractivity contribution is -0.140. The van der Waals surface area contributed by atoms with Crippen LogP contribution in [-0.2, 0) is 9.53 Å². The van der Waals surface area contributed by atoms with Crippen LogP contribution in [0.3, 0.4) is 0 Å². The summed E-state index contributed by atoms with van der Waals surface area (Å²) in [6, 6.07) is 6.36. The van der Waals surface area contributed by atoms with Crippen molar-refractivity contribution in [3.63, 3.8) is 0 Å². The van der Waals surface area contributed by atoms with Gasteiger partial charge in [0.15, 0.2) is 5.16 Å². The van der Waals surface area contributed by atoms with Gasteiger partial charge in [-0.15, -0.1) is 10.2 Å². The van der Waals surface area contributed by atoms with E-state index in [9.17, 15) is 9.18 Å². The molecule has 2 heterocycles. The third-order valence-electron chi connectivity index (χ3n) is 3.00. The first-order chi connectivity index (χ1) is 9.65. The number of hydrogen-bond donors (Lipinski definition) is 0. The Balaban J connectivity index is 1.88. The molecule has 1 aromatic carbocycles. The maximum Gasteiger partial charge on any atom is 0.319 e. The van der Waals surface area contributed by atoms with Crippen molar-refractivity contribution in [1.29, 1.82) is 0 Å². The molecular weight excluding hydrogens is 281 g/mol. The molecule has 0 aliphatic carbocycles. The Bertz CT molecular complexity index is 646. The van der Waals surface area contributed by atoms with Gasteiger partial charge in [0.2, 0.25) is 0 Å². The Morgan fingerprint density at radius 2 is 2.25 bits per heavy atom. The summed E-state index contributed by atoms with van der Waals surface area (Å²) in [6.07, 6.45) is 1.96. The monoisotopic (exact) mass is 293 g/mol. The first-order valence-corrected chi connectivity index (χ1v) is 7.05. The van der Waals surface area contributed by atoms with Crippen molar-refractivity contribution < 1.29 is 13.9 Å². The summed E-state index contributed by atoms with van der Waals surface area (Å²) in [5.74, 6) is -0.623. The van der Waals surface area contributed by atoms with Crippen molar-refractivity contribution in [3.05, 3.63) is 36.4 Å². The summed E-state index contributed by atoms with van der Waals surface area (Å²) in [6.45, 7) is 1.85. The number of ether oxygens (including phenoxy) is 1. The summed E-state index contributed by atoms with van der Waals surface area (Å²) >= 11 is 1.25. The van der Waals surface area contributed by atoms with Gasteiger partial charge in [-0.05, 0) is 19.1 Å². The van der Waals surface area contributed by atoms with Gasteiger partial charge in [-0.3, -0.25) is 9.36 Å². The number of thioether (sulfide) groups is 1. The maximum absolute atomic E-state index is 13.8. The molecule has 20 heavy (non-hydrogen) atoms. The van der Waals surface area contributed by atoms with Crippen LogP contribution in [0.1, 0.15) is 13.3 Å². The van der Waals surface area contributed by atoms with Crippen molar-refractivity contribution in [1.82, 2.24) is 14.8 Å². The van der Waals surface area contributed by atoms with Gasteiger partial charge in [-0.2, -0.15) is 0 Å². The average Bonchev–Trinajstić information content (AvgIpc) is 2.98. The highest BCUT2D eigenvalue weighted by molar-refractivity contribution is 8.00. The molecule has 0 radical (unpaired) electrons. The second-order valence-electron chi connectivity index (χ2n) is 4.52. The van der Waals surface area contributed by atoms with Crippen LogP contribution in [0.5, 0.6) is 0 Å². The SMILES string of the molecule is C[C@H]1C[C@H](Sc2nncn2-c2ccccc2F)C(=O)O1. The van der Waals surface area contributed by atoms with Crippen LogP contribution in [0.4, 0.5) is 4.39 Å². The molecular formula is C13H12FN3O2S. The van der Waals surface area contributed by atoms with E-state index in [0.717, 1.165) is 0 Å². The van der Waals surface area contributed by atoms with Crippen molar-refractivity contribution in [3.8, 4) is 5.69 Å². The van der Waals surface area contributed by atoms with E-state index in [-0.39, 0.29) is 23.1 Å². The van der Waals surface area contributed by atoms with Crippen LogP contribution in [-0.4, -0.2) is 32.1 Å². The first kappa shape index (κ1) is 13.1. The number of hydrogen-bond acceptors (Lipinski definition) is 5. The summed E-state index contributed by atoms with van der Waals surface area (Å²) in [7, 11) is 0. The van der Waals surface area contributed by atoms with Gasteiger partial charge in [0.05, 0.1) is 5.69 Å². The zero-order valence-electron chi connectivity index (χ0n) is 10.7. The summed E-state index contributed by atoms with van der Waals surface area (Å²) < 4.78 is 20.4. The van der Waals surface area contributed by atoms with Crippen LogP contribution < -0.4 is 0 Å². The average molecular weight is 293 g/mol. The van der Waals surface area contributed by atoms with Crippen LogP contribution in [0.15, 0.2) is 35.7 Å². The number of carbonyl (C=O) groups excluding carboxylic acids is 1. The van der Waals surface area contributed by atoms with Gasteiger partial charge < -0.3 is 4.74 Å². The highest BCUT2D eigenvalue weighted by Crippen LogP contribution is 2.32. The number of para-hydroxylation sites is 1. The summed E-state index contributed by atoms with van der Waals surface area (Å²) in [5, 5.41) is 7.92. The molecule has 1 fully saturated rings. The molecule has 1 saturated heterocycles. The van der Waals surface area contributed by atoms with Crippen LogP contribution in [0, 0.1) is 5.82 Å². The Morgan fingerprint density at radius 3 is 2.95 bits per heavy atom. The van der Waals surface area contributed by atoms with Gasteiger partial charge >= 0.3 is 5.97 Å². The number of nitrogens with zero attached hydrogens (tertiary/aromatic N) is 3. The molecule has 0 bridgehead atoms. The molecule has 1 aliphatic heterocycles. The molecule has 7 heteroatoms. The topological polar surface area (TPSA) is 57.0 Å². The third kappa shape index (κ3) is 2.40. The number of aromatic nitrogens is 3. The third-order valence-corrected chi connectivity index (χ3v) is 4.16. The Labute approximate surface area is 119 Å². The molecule has 5 nitrogen and oxygen atoms in total. The highest BCUT2D eigenvalue weighted by Gasteiger charge is 2.34. The molecule has 0 saturated carbocycles. The Kier molecular flexibility index (Phi) is 3.43. The van der Waals surface area contributed by atoms with E-state index in [1.54, 1.807) is 18.2 Å². The summed E-state index contributed by atoms with van der Waals surface area (Å²) in [4.78, 5) is 11.7. The van der Waals surface area contributed by atoms with Crippen LogP contribution >= 0.6 is 11.8 Å². The molecule has 0 spiro atoms. The molecule has 1 aliphatic rings. The fourth-order valence-corrected chi connectivity index (χ4v) is 3.19. The van der Waals surface area contributed by atoms with Crippen LogP contribution in [0.25, 0.3) is 5.69 Å². The maximum atomic E-state index is 13.8. The van der Waals surface area contributed by atoms with E-state index in [0.29, 0.717) is 17.3 Å². The van der Waals surface area contributed by atoms with Crippen molar-refractivity contribution in [2.75, 3.05) is 0 Å². The summed E-state index contributed by atoms with van der Waals surface area (Å²) in [5.41, 5.74) is 0.361. The molecule has 1 aromatic heterocycles. The van der Waals surface area contributed by atoms with E-state index in [1.807, 2.05) is 6.92 Å². The number of halogens is 1. The van der Waals surface area contributed by atoms with E-state index >= 15 is 0 Å². The Hall–Kier alpha value is -1.89. The molecule has 0 N–H and O–H groups in total. The van der Waals surface area contributed by atoms with Gasteiger partial charge in [-0.1, -0.05) is 23.9 Å². The van der Waals surface area contributed by atoms with E-state index in [4.69, 9.17) is 4.74 Å². The fraction of sp³-hybridized carbons (Fsp3) is 0.308. The molecule has 3 rings (SSSR count). The number of cyclic esters (lactones) is 1. The normalized spacial score (nSPS) is 22.0. The van der Waals surface area contributed by atoms with Crippen LogP contribution in [0.2, 0.25) is 0 Å². The van der Waals surface area contributed by atoms with E-state index < -0.39 is 0 Å². The van der Waals surface area contributed by atoms with Crippen molar-refractivity contribution in [2.45, 2.75) is 29.9 Å². The minimum atomic E-state index is -0.364. The Morgan fingerprint density at radius 1 is 1.45 bits per heavy atom. The molecule has 0 unspecified atom stereocenters. The molecule has 2 aromatic rings. The second-order valence-corrected chi connectivity index (χ2v) is 5.69. The minimum Gasteiger partial charge on any atom is -0.462 e. The lowest BCUT2D eigenvalue weighted by atomic mass is 10.3.